The van der Waals surface area contributed by atoms with Crippen molar-refractivity contribution in [2.45, 2.75) is 12.6 Å². The highest BCUT2D eigenvalue weighted by atomic mass is 35.5. The van der Waals surface area contributed by atoms with Gasteiger partial charge in [-0.25, -0.2) is 0 Å². The van der Waals surface area contributed by atoms with Crippen LogP contribution in [-0.2, 0) is 15.8 Å². The lowest BCUT2D eigenvalue weighted by atomic mass is 10.1. The molecule has 1 fully saturated rings. The number of alkyl halides is 3. The first kappa shape index (κ1) is 19.4. The van der Waals surface area contributed by atoms with E-state index in [2.05, 4.69) is 15.5 Å². The average Bonchev–Trinajstić information content (AvgIpc) is 3.21. The van der Waals surface area contributed by atoms with Crippen molar-refractivity contribution in [1.29, 1.82) is 0 Å². The summed E-state index contributed by atoms with van der Waals surface area (Å²) in [6.45, 7) is 0.0340. The van der Waals surface area contributed by atoms with Crippen LogP contribution >= 0.6 is 22.9 Å². The maximum absolute atomic E-state index is 12.6. The molecule has 7 nitrogen and oxygen atoms in total. The van der Waals surface area contributed by atoms with Crippen molar-refractivity contribution in [3.05, 3.63) is 28.2 Å². The molecule has 3 rings (SSSR count). The van der Waals surface area contributed by atoms with Crippen LogP contribution in [-0.4, -0.2) is 35.7 Å². The third-order valence-corrected chi connectivity index (χ3v) is 4.94. The van der Waals surface area contributed by atoms with Gasteiger partial charge < -0.3 is 15.0 Å². The van der Waals surface area contributed by atoms with E-state index in [1.807, 2.05) is 0 Å². The molecule has 0 aliphatic carbocycles. The van der Waals surface area contributed by atoms with Crippen molar-refractivity contribution in [2.24, 2.45) is 5.92 Å². The van der Waals surface area contributed by atoms with E-state index in [0.29, 0.717) is 16.5 Å². The highest BCUT2D eigenvalue weighted by Gasteiger charge is 2.38. The summed E-state index contributed by atoms with van der Waals surface area (Å²) in [7, 11) is 1.44. The van der Waals surface area contributed by atoms with Gasteiger partial charge in [0.2, 0.25) is 22.0 Å². The summed E-state index contributed by atoms with van der Waals surface area (Å²) >= 11 is 6.18. The lowest BCUT2D eigenvalue weighted by molar-refractivity contribution is -0.138. The van der Waals surface area contributed by atoms with Crippen LogP contribution in [0.3, 0.4) is 0 Å². The van der Waals surface area contributed by atoms with Gasteiger partial charge in [-0.15, -0.1) is 10.2 Å². The second-order valence-electron chi connectivity index (χ2n) is 5.62. The molecule has 1 saturated heterocycles. The van der Waals surface area contributed by atoms with E-state index in [1.165, 1.54) is 12.0 Å². The summed E-state index contributed by atoms with van der Waals surface area (Å²) in [4.78, 5) is 26.0. The van der Waals surface area contributed by atoms with Crippen LogP contribution in [0.1, 0.15) is 11.4 Å². The van der Waals surface area contributed by atoms with Gasteiger partial charge in [0, 0.05) is 18.0 Å². The molecule has 12 heteroatoms. The van der Waals surface area contributed by atoms with E-state index < -0.39 is 23.0 Å². The average molecular weight is 421 g/mol. The van der Waals surface area contributed by atoms with Crippen LogP contribution in [0.15, 0.2) is 18.2 Å². The number of hydrogen-bond acceptors (Lipinski definition) is 6. The Balaban J connectivity index is 1.73. The third-order valence-electron chi connectivity index (χ3n) is 3.83. The molecule has 1 atom stereocenters. The molecular weight excluding hydrogens is 409 g/mol. The Morgan fingerprint density at radius 2 is 2.15 bits per heavy atom. The molecule has 0 saturated carbocycles. The Morgan fingerprint density at radius 1 is 1.41 bits per heavy atom. The fourth-order valence-corrected chi connectivity index (χ4v) is 3.37. The van der Waals surface area contributed by atoms with Gasteiger partial charge in [0.15, 0.2) is 0 Å². The number of methoxy groups -OCH3 is 1. The molecule has 0 radical (unpaired) electrons. The number of halogens is 4. The monoisotopic (exact) mass is 420 g/mol. The van der Waals surface area contributed by atoms with E-state index in [9.17, 15) is 22.8 Å². The topological polar surface area (TPSA) is 84.4 Å². The largest absolute Gasteiger partial charge is 0.495 e. The second kappa shape index (κ2) is 7.31. The van der Waals surface area contributed by atoms with Gasteiger partial charge in [-0.3, -0.25) is 9.59 Å². The number of benzene rings is 1. The SMILES string of the molecule is COc1ccc(Cl)cc1N1CC(C(=O)Nc2nnc(C(F)(F)F)s2)CC1=O. The predicted octanol–water partition coefficient (Wildman–Crippen LogP) is 3.21. The fourth-order valence-electron chi connectivity index (χ4n) is 2.59. The number of nitrogens with zero attached hydrogens (tertiary/aromatic N) is 3. The molecule has 2 amide bonds. The van der Waals surface area contributed by atoms with Crippen molar-refractivity contribution >= 4 is 45.6 Å². The van der Waals surface area contributed by atoms with Gasteiger partial charge >= 0.3 is 6.18 Å². The molecule has 1 aromatic carbocycles. The molecule has 27 heavy (non-hydrogen) atoms. The molecule has 1 aliphatic rings. The van der Waals surface area contributed by atoms with E-state index in [0.717, 1.165) is 0 Å². The normalized spacial score (nSPS) is 17.3. The van der Waals surface area contributed by atoms with Gasteiger partial charge in [-0.05, 0) is 18.2 Å². The minimum Gasteiger partial charge on any atom is -0.495 e. The van der Waals surface area contributed by atoms with Gasteiger partial charge in [0.1, 0.15) is 5.75 Å². The summed E-state index contributed by atoms with van der Waals surface area (Å²) in [5.74, 6) is -1.30. The zero-order valence-corrected chi connectivity index (χ0v) is 15.3. The summed E-state index contributed by atoms with van der Waals surface area (Å²) in [5.41, 5.74) is 0.417. The van der Waals surface area contributed by atoms with Crippen LogP contribution in [0.4, 0.5) is 24.0 Å². The number of rotatable bonds is 4. The van der Waals surface area contributed by atoms with Crippen molar-refractivity contribution in [3.8, 4) is 5.75 Å². The van der Waals surface area contributed by atoms with Crippen molar-refractivity contribution < 1.29 is 27.5 Å². The number of ether oxygens (including phenoxy) is 1. The van der Waals surface area contributed by atoms with Crippen LogP contribution < -0.4 is 15.0 Å². The third kappa shape index (κ3) is 4.14. The smallest absolute Gasteiger partial charge is 0.445 e. The van der Waals surface area contributed by atoms with Crippen molar-refractivity contribution in [3.63, 3.8) is 0 Å². The Bertz CT molecular complexity index is 889. The molecule has 2 aromatic rings. The number of nitrogens with one attached hydrogen (secondary N) is 1. The van der Waals surface area contributed by atoms with Crippen molar-refractivity contribution in [1.82, 2.24) is 10.2 Å². The first-order valence-electron chi connectivity index (χ1n) is 7.54. The van der Waals surface area contributed by atoms with Crippen LogP contribution in [0.25, 0.3) is 0 Å². The lowest BCUT2D eigenvalue weighted by Crippen LogP contribution is -2.28. The minimum absolute atomic E-state index is 0.0340. The van der Waals surface area contributed by atoms with E-state index in [1.54, 1.807) is 18.2 Å². The minimum atomic E-state index is -4.64. The molecule has 1 aliphatic heterocycles. The van der Waals surface area contributed by atoms with Gasteiger partial charge in [-0.2, -0.15) is 13.2 Å². The first-order chi connectivity index (χ1) is 12.7. The van der Waals surface area contributed by atoms with Crippen molar-refractivity contribution in [2.75, 3.05) is 23.9 Å². The van der Waals surface area contributed by atoms with Gasteiger partial charge in [0.25, 0.3) is 0 Å². The summed E-state index contributed by atoms with van der Waals surface area (Å²) in [5, 5.41) is 7.53. The number of carbonyl (C=O) groups excluding carboxylic acids is 2. The number of anilines is 2. The highest BCUT2D eigenvalue weighted by Crippen LogP contribution is 2.36. The summed E-state index contributed by atoms with van der Waals surface area (Å²) < 4.78 is 42.9. The maximum atomic E-state index is 12.6. The molecule has 1 unspecified atom stereocenters. The molecular formula is C15H12ClF3N4O3S. The zero-order valence-electron chi connectivity index (χ0n) is 13.7. The summed E-state index contributed by atoms with van der Waals surface area (Å²) in [6, 6.07) is 4.74. The van der Waals surface area contributed by atoms with E-state index >= 15 is 0 Å². The second-order valence-corrected chi connectivity index (χ2v) is 7.03. The number of aromatic nitrogens is 2. The van der Waals surface area contributed by atoms with Gasteiger partial charge in [-0.1, -0.05) is 22.9 Å². The molecule has 2 heterocycles. The quantitative estimate of drug-likeness (QED) is 0.821. The Morgan fingerprint density at radius 3 is 2.78 bits per heavy atom. The zero-order chi connectivity index (χ0) is 19.8. The van der Waals surface area contributed by atoms with Crippen LogP contribution in [0.2, 0.25) is 5.02 Å². The maximum Gasteiger partial charge on any atom is 0.445 e. The van der Waals surface area contributed by atoms with E-state index in [4.69, 9.17) is 16.3 Å². The molecule has 0 spiro atoms. The molecule has 1 N–H and O–H groups in total. The lowest BCUT2D eigenvalue weighted by Gasteiger charge is -2.19. The molecule has 1 aromatic heterocycles. The Hall–Kier alpha value is -2.40. The van der Waals surface area contributed by atoms with Crippen LogP contribution in [0.5, 0.6) is 5.75 Å². The summed E-state index contributed by atoms with van der Waals surface area (Å²) in [6.07, 6.45) is -4.74. The fraction of sp³-hybridized carbons (Fsp3) is 0.333. The number of carbonyl (C=O) groups is 2. The van der Waals surface area contributed by atoms with E-state index in [-0.39, 0.29) is 35.3 Å². The molecule has 144 valence electrons. The Labute approximate surface area is 160 Å². The van der Waals surface area contributed by atoms with Gasteiger partial charge in [0.05, 0.1) is 18.7 Å². The predicted molar refractivity (Wildman–Crippen MR) is 92.0 cm³/mol. The Kier molecular flexibility index (Phi) is 5.24. The standard InChI is InChI=1S/C15H12ClF3N4O3S/c1-26-10-3-2-8(16)5-9(10)23-6-7(4-11(23)24)12(25)20-14-22-21-13(27-14)15(17,18)19/h2-3,5,7H,4,6H2,1H3,(H,20,22,25). The number of hydrogen-bond donors (Lipinski definition) is 1. The van der Waals surface area contributed by atoms with Crippen LogP contribution in [0, 0.1) is 5.92 Å². The highest BCUT2D eigenvalue weighted by molar-refractivity contribution is 7.15. The molecule has 0 bridgehead atoms. The first-order valence-corrected chi connectivity index (χ1v) is 8.74. The number of amides is 2.